The molecule has 2 amide bonds. The van der Waals surface area contributed by atoms with E-state index in [0.717, 1.165) is 4.90 Å². The summed E-state index contributed by atoms with van der Waals surface area (Å²) < 4.78 is 5.59. The number of carbonyl (C=O) groups excluding carboxylic acids is 2. The zero-order valence-electron chi connectivity index (χ0n) is 13.4. The molecule has 0 saturated heterocycles. The van der Waals surface area contributed by atoms with Gasteiger partial charge in [-0.2, -0.15) is 0 Å². The molecule has 0 spiro atoms. The third-order valence-corrected chi connectivity index (χ3v) is 4.39. The second-order valence-electron chi connectivity index (χ2n) is 5.85. The highest BCUT2D eigenvalue weighted by Gasteiger charge is 2.40. The predicted molar refractivity (Wildman–Crippen MR) is 93.1 cm³/mol. The summed E-state index contributed by atoms with van der Waals surface area (Å²) in [5, 5.41) is 11.9. The van der Waals surface area contributed by atoms with E-state index < -0.39 is 17.6 Å². The smallest absolute Gasteiger partial charge is 0.301 e. The van der Waals surface area contributed by atoms with Crippen LogP contribution in [0.1, 0.15) is 18.7 Å². The molecule has 0 unspecified atom stereocenters. The Labute approximate surface area is 143 Å². The summed E-state index contributed by atoms with van der Waals surface area (Å²) in [6.45, 7) is 4.69. The highest BCUT2D eigenvalue weighted by Crippen LogP contribution is 2.34. The van der Waals surface area contributed by atoms with Gasteiger partial charge in [-0.05, 0) is 41.6 Å². The molecule has 0 saturated carbocycles. The largest absolute Gasteiger partial charge is 0.502 e. The molecule has 0 bridgehead atoms. The van der Waals surface area contributed by atoms with Crippen LogP contribution in [0.3, 0.4) is 0 Å². The summed E-state index contributed by atoms with van der Waals surface area (Å²) in [5.41, 5.74) is 0.454. The first-order valence-corrected chi connectivity index (χ1v) is 8.45. The van der Waals surface area contributed by atoms with E-state index in [1.165, 1.54) is 11.3 Å². The summed E-state index contributed by atoms with van der Waals surface area (Å²) in [6.07, 6.45) is 0. The molecule has 6 heteroatoms. The first-order valence-electron chi connectivity index (χ1n) is 7.57. The topological polar surface area (TPSA) is 66.8 Å². The fraction of sp³-hybridized carbons (Fsp3) is 0.222. The van der Waals surface area contributed by atoms with Crippen LogP contribution in [0, 0.1) is 5.92 Å². The number of hydrogen-bond acceptors (Lipinski definition) is 5. The van der Waals surface area contributed by atoms with Crippen molar-refractivity contribution >= 4 is 34.4 Å². The van der Waals surface area contributed by atoms with E-state index in [9.17, 15) is 14.7 Å². The second-order valence-corrected chi connectivity index (χ2v) is 6.79. The van der Waals surface area contributed by atoms with Crippen LogP contribution in [0.15, 0.2) is 47.5 Å². The molecule has 1 aromatic heterocycles. The van der Waals surface area contributed by atoms with Crippen LogP contribution in [0.5, 0.6) is 5.75 Å². The Morgan fingerprint density at radius 1 is 1.12 bits per heavy atom. The maximum absolute atomic E-state index is 12.6. The summed E-state index contributed by atoms with van der Waals surface area (Å²) in [7, 11) is 0. The minimum absolute atomic E-state index is 0.0511. The first-order chi connectivity index (χ1) is 11.5. The summed E-state index contributed by atoms with van der Waals surface area (Å²) in [5.74, 6) is -0.666. The zero-order valence-corrected chi connectivity index (χ0v) is 14.2. The third-order valence-electron chi connectivity index (χ3n) is 3.51. The molecule has 0 fully saturated rings. The number of imide groups is 1. The highest BCUT2D eigenvalue weighted by atomic mass is 32.1. The number of amides is 2. The Morgan fingerprint density at radius 2 is 1.83 bits per heavy atom. The Morgan fingerprint density at radius 3 is 2.42 bits per heavy atom. The van der Waals surface area contributed by atoms with Crippen molar-refractivity contribution in [2.45, 2.75) is 13.8 Å². The number of benzene rings is 1. The van der Waals surface area contributed by atoms with Gasteiger partial charge in [-0.1, -0.05) is 19.9 Å². The van der Waals surface area contributed by atoms with Gasteiger partial charge in [0.15, 0.2) is 5.76 Å². The Bertz CT molecular complexity index is 791. The second kappa shape index (κ2) is 6.49. The van der Waals surface area contributed by atoms with Crippen molar-refractivity contribution in [3.8, 4) is 5.75 Å². The minimum Gasteiger partial charge on any atom is -0.502 e. The number of hydrogen-bond donors (Lipinski definition) is 1. The van der Waals surface area contributed by atoms with Gasteiger partial charge in [0, 0.05) is 4.88 Å². The molecular weight excluding hydrogens is 326 g/mol. The molecule has 1 aliphatic heterocycles. The van der Waals surface area contributed by atoms with Gasteiger partial charge in [-0.15, -0.1) is 11.3 Å². The summed E-state index contributed by atoms with van der Waals surface area (Å²) in [4.78, 5) is 26.4. The molecule has 5 nitrogen and oxygen atoms in total. The normalized spacial score (nSPS) is 14.9. The van der Waals surface area contributed by atoms with E-state index in [4.69, 9.17) is 4.74 Å². The summed E-state index contributed by atoms with van der Waals surface area (Å²) in [6, 6.07) is 10.2. The van der Waals surface area contributed by atoms with E-state index in [1.54, 1.807) is 41.8 Å². The van der Waals surface area contributed by atoms with Crippen LogP contribution < -0.4 is 9.64 Å². The van der Waals surface area contributed by atoms with Gasteiger partial charge in [0.2, 0.25) is 0 Å². The number of anilines is 1. The SMILES string of the molecule is CC(C)COc1ccc(N2C(=O)C(O)=C(c3cccs3)C2=O)cc1. The fourth-order valence-corrected chi connectivity index (χ4v) is 3.11. The van der Waals surface area contributed by atoms with Gasteiger partial charge >= 0.3 is 5.91 Å². The highest BCUT2D eigenvalue weighted by molar-refractivity contribution is 7.11. The molecule has 24 heavy (non-hydrogen) atoms. The quantitative estimate of drug-likeness (QED) is 0.842. The molecule has 124 valence electrons. The number of aliphatic hydroxyl groups is 1. The van der Waals surface area contributed by atoms with Crippen LogP contribution >= 0.6 is 11.3 Å². The lowest BCUT2D eigenvalue weighted by Crippen LogP contribution is -2.31. The molecule has 1 aliphatic rings. The number of carbonyl (C=O) groups is 2. The predicted octanol–water partition coefficient (Wildman–Crippen LogP) is 3.63. The van der Waals surface area contributed by atoms with Gasteiger partial charge in [-0.3, -0.25) is 9.59 Å². The number of thiophene rings is 1. The summed E-state index contributed by atoms with van der Waals surface area (Å²) >= 11 is 1.30. The van der Waals surface area contributed by atoms with Crippen molar-refractivity contribution in [3.05, 3.63) is 52.4 Å². The fourth-order valence-electron chi connectivity index (χ4n) is 2.35. The van der Waals surface area contributed by atoms with Gasteiger partial charge < -0.3 is 9.84 Å². The zero-order chi connectivity index (χ0) is 17.3. The number of aliphatic hydroxyl groups excluding tert-OH is 1. The maximum atomic E-state index is 12.6. The number of nitrogens with zero attached hydrogens (tertiary/aromatic N) is 1. The van der Waals surface area contributed by atoms with Crippen LogP contribution in [0.4, 0.5) is 5.69 Å². The van der Waals surface area contributed by atoms with Crippen LogP contribution in [-0.2, 0) is 9.59 Å². The van der Waals surface area contributed by atoms with Crippen LogP contribution in [0.25, 0.3) is 5.57 Å². The lowest BCUT2D eigenvalue weighted by Gasteiger charge is -2.15. The lowest BCUT2D eigenvalue weighted by molar-refractivity contribution is -0.121. The Hall–Kier alpha value is -2.60. The standard InChI is InChI=1S/C18H17NO4S/c1-11(2)10-23-13-7-5-12(6-8-13)19-17(21)15(16(20)18(19)22)14-4-3-9-24-14/h3-9,11,20H,10H2,1-2H3. The van der Waals surface area contributed by atoms with E-state index in [-0.39, 0.29) is 5.57 Å². The molecular formula is C18H17NO4S. The van der Waals surface area contributed by atoms with E-state index in [0.29, 0.717) is 28.8 Å². The van der Waals surface area contributed by atoms with Crippen molar-refractivity contribution < 1.29 is 19.4 Å². The first kappa shape index (κ1) is 16.3. The van der Waals surface area contributed by atoms with Crippen LogP contribution in [0.2, 0.25) is 0 Å². The van der Waals surface area contributed by atoms with Gasteiger partial charge in [0.05, 0.1) is 12.3 Å². The van der Waals surface area contributed by atoms with E-state index in [1.807, 2.05) is 0 Å². The van der Waals surface area contributed by atoms with E-state index in [2.05, 4.69) is 13.8 Å². The minimum atomic E-state index is -0.709. The maximum Gasteiger partial charge on any atom is 0.301 e. The Balaban J connectivity index is 1.84. The molecule has 3 rings (SSSR count). The van der Waals surface area contributed by atoms with Gasteiger partial charge in [-0.25, -0.2) is 4.90 Å². The molecule has 0 radical (unpaired) electrons. The monoisotopic (exact) mass is 343 g/mol. The molecule has 1 aromatic carbocycles. The van der Waals surface area contributed by atoms with Crippen molar-refractivity contribution in [3.63, 3.8) is 0 Å². The Kier molecular flexibility index (Phi) is 4.40. The third kappa shape index (κ3) is 2.92. The molecule has 0 aliphatic carbocycles. The molecule has 2 aromatic rings. The van der Waals surface area contributed by atoms with Crippen molar-refractivity contribution in [2.24, 2.45) is 5.92 Å². The van der Waals surface area contributed by atoms with Gasteiger partial charge in [0.1, 0.15) is 11.3 Å². The lowest BCUT2D eigenvalue weighted by atomic mass is 10.2. The van der Waals surface area contributed by atoms with Crippen molar-refractivity contribution in [1.29, 1.82) is 0 Å². The van der Waals surface area contributed by atoms with Gasteiger partial charge in [0.25, 0.3) is 5.91 Å². The molecule has 0 atom stereocenters. The van der Waals surface area contributed by atoms with Crippen LogP contribution in [-0.4, -0.2) is 23.5 Å². The molecule has 2 heterocycles. The van der Waals surface area contributed by atoms with E-state index >= 15 is 0 Å². The van der Waals surface area contributed by atoms with Crippen molar-refractivity contribution in [1.82, 2.24) is 0 Å². The average molecular weight is 343 g/mol. The van der Waals surface area contributed by atoms with Crippen molar-refractivity contribution in [2.75, 3.05) is 11.5 Å². The number of ether oxygens (including phenoxy) is 1. The molecule has 1 N–H and O–H groups in total. The average Bonchev–Trinajstić information content (AvgIpc) is 3.14. The number of rotatable bonds is 5.